The molecule has 0 bridgehead atoms. The predicted molar refractivity (Wildman–Crippen MR) is 85.6 cm³/mol. The monoisotopic (exact) mass is 321 g/mol. The second-order valence-corrected chi connectivity index (χ2v) is 7.28. The second-order valence-electron chi connectivity index (χ2n) is 4.96. The standard InChI is InChI=1S/C14H21Cl2NOS/c1-4-17-14(3,9-18)8-10(2)19-13-7-11(15)5-6-12(13)16/h5-7,10,17-18H,4,8-9H2,1-3H3. The van der Waals surface area contributed by atoms with Crippen LogP contribution in [0.4, 0.5) is 0 Å². The van der Waals surface area contributed by atoms with Crippen molar-refractivity contribution in [1.29, 1.82) is 0 Å². The highest BCUT2D eigenvalue weighted by atomic mass is 35.5. The molecule has 0 aliphatic carbocycles. The maximum Gasteiger partial charge on any atom is 0.0611 e. The van der Waals surface area contributed by atoms with Crippen molar-refractivity contribution in [3.63, 3.8) is 0 Å². The molecule has 0 aliphatic rings. The minimum absolute atomic E-state index is 0.120. The maximum atomic E-state index is 9.51. The van der Waals surface area contributed by atoms with Crippen molar-refractivity contribution in [2.45, 2.75) is 42.9 Å². The lowest BCUT2D eigenvalue weighted by molar-refractivity contribution is 0.168. The topological polar surface area (TPSA) is 32.3 Å². The lowest BCUT2D eigenvalue weighted by Gasteiger charge is -2.31. The molecular weight excluding hydrogens is 301 g/mol. The zero-order chi connectivity index (χ0) is 14.5. The van der Waals surface area contributed by atoms with Crippen LogP contribution in [0, 0.1) is 0 Å². The molecule has 0 amide bonds. The van der Waals surface area contributed by atoms with E-state index in [-0.39, 0.29) is 12.1 Å². The molecule has 0 spiro atoms. The summed E-state index contributed by atoms with van der Waals surface area (Å²) in [6.45, 7) is 7.17. The highest BCUT2D eigenvalue weighted by Gasteiger charge is 2.25. The summed E-state index contributed by atoms with van der Waals surface area (Å²) < 4.78 is 0. The third-order valence-corrected chi connectivity index (χ3v) is 4.75. The SMILES string of the molecule is CCNC(C)(CO)CC(C)Sc1cc(Cl)ccc1Cl. The van der Waals surface area contributed by atoms with Gasteiger partial charge in [0.25, 0.3) is 0 Å². The van der Waals surface area contributed by atoms with Crippen molar-refractivity contribution in [1.82, 2.24) is 5.32 Å². The number of likely N-dealkylation sites (N-methyl/N-ethyl adjacent to an activating group) is 1. The Balaban J connectivity index is 2.68. The highest BCUT2D eigenvalue weighted by Crippen LogP contribution is 2.35. The van der Waals surface area contributed by atoms with Crippen molar-refractivity contribution in [3.05, 3.63) is 28.2 Å². The first-order valence-electron chi connectivity index (χ1n) is 6.38. The third-order valence-electron chi connectivity index (χ3n) is 2.91. The minimum Gasteiger partial charge on any atom is -0.394 e. The number of hydrogen-bond acceptors (Lipinski definition) is 3. The normalized spacial score (nSPS) is 16.1. The Bertz CT molecular complexity index is 416. The summed E-state index contributed by atoms with van der Waals surface area (Å²) in [6.07, 6.45) is 0.852. The van der Waals surface area contributed by atoms with Gasteiger partial charge in [-0.15, -0.1) is 11.8 Å². The Morgan fingerprint density at radius 3 is 2.68 bits per heavy atom. The first-order chi connectivity index (χ1) is 8.90. The van der Waals surface area contributed by atoms with E-state index >= 15 is 0 Å². The molecule has 1 aromatic carbocycles. The van der Waals surface area contributed by atoms with Crippen molar-refractivity contribution < 1.29 is 5.11 Å². The molecule has 1 rings (SSSR count). The van der Waals surface area contributed by atoms with E-state index in [0.717, 1.165) is 22.9 Å². The average molecular weight is 322 g/mol. The predicted octanol–water partition coefficient (Wildman–Crippen LogP) is 4.22. The molecular formula is C14H21Cl2NOS. The molecule has 2 nitrogen and oxygen atoms in total. The molecule has 0 heterocycles. The van der Waals surface area contributed by atoms with Crippen molar-refractivity contribution >= 4 is 35.0 Å². The van der Waals surface area contributed by atoms with Crippen LogP contribution in [0.25, 0.3) is 0 Å². The van der Waals surface area contributed by atoms with Crippen LogP contribution in [-0.4, -0.2) is 29.0 Å². The van der Waals surface area contributed by atoms with E-state index in [9.17, 15) is 5.11 Å². The van der Waals surface area contributed by atoms with Crippen LogP contribution in [0.2, 0.25) is 10.0 Å². The summed E-state index contributed by atoms with van der Waals surface area (Å²) in [4.78, 5) is 0.985. The zero-order valence-corrected chi connectivity index (χ0v) is 13.9. The Hall–Kier alpha value is 0.0700. The quantitative estimate of drug-likeness (QED) is 0.737. The molecule has 1 aromatic rings. The van der Waals surface area contributed by atoms with Crippen molar-refractivity contribution in [2.75, 3.05) is 13.2 Å². The molecule has 0 aromatic heterocycles. The number of nitrogens with one attached hydrogen (secondary N) is 1. The Morgan fingerprint density at radius 2 is 2.11 bits per heavy atom. The van der Waals surface area contributed by atoms with E-state index in [0.29, 0.717) is 10.3 Å². The smallest absolute Gasteiger partial charge is 0.0611 e. The molecule has 19 heavy (non-hydrogen) atoms. The summed E-state index contributed by atoms with van der Waals surface area (Å²) in [7, 11) is 0. The van der Waals surface area contributed by atoms with Gasteiger partial charge in [0.2, 0.25) is 0 Å². The second kappa shape index (κ2) is 7.75. The molecule has 2 atom stereocenters. The first-order valence-corrected chi connectivity index (χ1v) is 8.01. The average Bonchev–Trinajstić information content (AvgIpc) is 2.34. The van der Waals surface area contributed by atoms with E-state index in [1.807, 2.05) is 26.0 Å². The molecule has 0 saturated heterocycles. The minimum atomic E-state index is -0.258. The maximum absolute atomic E-state index is 9.51. The van der Waals surface area contributed by atoms with E-state index in [4.69, 9.17) is 23.2 Å². The summed E-state index contributed by atoms with van der Waals surface area (Å²) >= 11 is 13.8. The van der Waals surface area contributed by atoms with E-state index in [1.54, 1.807) is 17.8 Å². The Kier molecular flexibility index (Phi) is 6.98. The fourth-order valence-electron chi connectivity index (χ4n) is 2.08. The lowest BCUT2D eigenvalue weighted by Crippen LogP contribution is -2.47. The number of aliphatic hydroxyl groups excluding tert-OH is 1. The molecule has 0 aliphatic heterocycles. The van der Waals surface area contributed by atoms with Gasteiger partial charge in [0.05, 0.1) is 11.6 Å². The lowest BCUT2D eigenvalue weighted by atomic mass is 9.97. The van der Waals surface area contributed by atoms with Gasteiger partial charge in [-0.25, -0.2) is 0 Å². The fourth-order valence-corrected chi connectivity index (χ4v) is 3.83. The van der Waals surface area contributed by atoms with Gasteiger partial charge in [-0.2, -0.15) is 0 Å². The van der Waals surface area contributed by atoms with Crippen LogP contribution in [0.5, 0.6) is 0 Å². The summed E-state index contributed by atoms with van der Waals surface area (Å²) in [5.41, 5.74) is -0.258. The van der Waals surface area contributed by atoms with Gasteiger partial charge in [0, 0.05) is 20.7 Å². The molecule has 2 N–H and O–H groups in total. The van der Waals surface area contributed by atoms with Gasteiger partial charge in [0.15, 0.2) is 0 Å². The third kappa shape index (κ3) is 5.52. The molecule has 0 saturated carbocycles. The van der Waals surface area contributed by atoms with Crippen LogP contribution in [0.15, 0.2) is 23.1 Å². The van der Waals surface area contributed by atoms with Crippen LogP contribution in [0.1, 0.15) is 27.2 Å². The molecule has 0 fully saturated rings. The summed E-state index contributed by atoms with van der Waals surface area (Å²) in [5.74, 6) is 0. The number of halogens is 2. The fraction of sp³-hybridized carbons (Fsp3) is 0.571. The molecule has 108 valence electrons. The van der Waals surface area contributed by atoms with E-state index < -0.39 is 0 Å². The highest BCUT2D eigenvalue weighted by molar-refractivity contribution is 8.00. The largest absolute Gasteiger partial charge is 0.394 e. The van der Waals surface area contributed by atoms with E-state index in [2.05, 4.69) is 12.2 Å². The molecule has 0 radical (unpaired) electrons. The van der Waals surface area contributed by atoms with Gasteiger partial charge in [-0.3, -0.25) is 0 Å². The number of rotatable bonds is 7. The van der Waals surface area contributed by atoms with Gasteiger partial charge in [-0.1, -0.05) is 37.0 Å². The van der Waals surface area contributed by atoms with Gasteiger partial charge >= 0.3 is 0 Å². The number of benzene rings is 1. The van der Waals surface area contributed by atoms with Crippen molar-refractivity contribution in [2.24, 2.45) is 0 Å². The van der Waals surface area contributed by atoms with Crippen LogP contribution >= 0.6 is 35.0 Å². The zero-order valence-electron chi connectivity index (χ0n) is 11.5. The van der Waals surface area contributed by atoms with Gasteiger partial charge < -0.3 is 10.4 Å². The van der Waals surface area contributed by atoms with Crippen LogP contribution in [0.3, 0.4) is 0 Å². The van der Waals surface area contributed by atoms with Crippen LogP contribution < -0.4 is 5.32 Å². The number of aliphatic hydroxyl groups is 1. The number of thioether (sulfide) groups is 1. The molecule has 2 unspecified atom stereocenters. The first kappa shape index (κ1) is 17.1. The molecule has 5 heteroatoms. The van der Waals surface area contributed by atoms with Gasteiger partial charge in [-0.05, 0) is 38.1 Å². The number of hydrogen-bond donors (Lipinski definition) is 2. The Morgan fingerprint density at radius 1 is 1.42 bits per heavy atom. The van der Waals surface area contributed by atoms with E-state index in [1.165, 1.54) is 0 Å². The van der Waals surface area contributed by atoms with Gasteiger partial charge in [0.1, 0.15) is 0 Å². The van der Waals surface area contributed by atoms with Crippen molar-refractivity contribution in [3.8, 4) is 0 Å². The van der Waals surface area contributed by atoms with Crippen LogP contribution in [-0.2, 0) is 0 Å². The summed E-state index contributed by atoms with van der Waals surface area (Å²) in [5, 5.41) is 14.6. The summed E-state index contributed by atoms with van der Waals surface area (Å²) in [6, 6.07) is 5.48. The Labute approximate surface area is 129 Å².